The highest BCUT2D eigenvalue weighted by Crippen LogP contribution is 2.32. The minimum atomic E-state index is -0.460. The van der Waals surface area contributed by atoms with Gasteiger partial charge in [-0.15, -0.1) is 10.2 Å². The molecule has 30 heavy (non-hydrogen) atoms. The van der Waals surface area contributed by atoms with Gasteiger partial charge in [-0.2, -0.15) is 5.26 Å². The summed E-state index contributed by atoms with van der Waals surface area (Å²) >= 11 is 0. The molecule has 2 heterocycles. The number of nitro benzene ring substituents is 1. The fraction of sp³-hybridized carbons (Fsp3) is 0.0455. The number of allylic oxidation sites excluding steroid dienone is 1. The second-order valence-electron chi connectivity index (χ2n) is 6.42. The van der Waals surface area contributed by atoms with Gasteiger partial charge in [-0.3, -0.25) is 10.1 Å². The lowest BCUT2D eigenvalue weighted by atomic mass is 10.1. The number of nitrogens with zero attached hydrogens (tertiary/aromatic N) is 5. The summed E-state index contributed by atoms with van der Waals surface area (Å²) in [6, 6.07) is 21.3. The molecule has 0 spiro atoms. The molecule has 0 unspecified atom stereocenters. The maximum Gasteiger partial charge on any atom is 0.280 e. The van der Waals surface area contributed by atoms with Crippen LogP contribution in [0.4, 0.5) is 5.69 Å². The first-order chi connectivity index (χ1) is 14.6. The molecule has 0 aliphatic heterocycles. The number of aromatic nitrogens is 3. The molecule has 2 aromatic carbocycles. The molecule has 0 saturated heterocycles. The van der Waals surface area contributed by atoms with E-state index in [1.807, 2.05) is 30.3 Å². The molecule has 0 aliphatic rings. The maximum atomic E-state index is 11.3. The van der Waals surface area contributed by atoms with Crippen LogP contribution in [0.2, 0.25) is 0 Å². The summed E-state index contributed by atoms with van der Waals surface area (Å²) in [5, 5.41) is 29.3. The largest absolute Gasteiger partial charge is 0.456 e. The Morgan fingerprint density at radius 2 is 1.83 bits per heavy atom. The van der Waals surface area contributed by atoms with Gasteiger partial charge in [0.25, 0.3) is 5.69 Å². The maximum absolute atomic E-state index is 11.3. The van der Waals surface area contributed by atoms with Crippen LogP contribution in [0.25, 0.3) is 34.4 Å². The molecule has 4 aromatic rings. The van der Waals surface area contributed by atoms with E-state index in [1.54, 1.807) is 41.9 Å². The molecule has 0 bridgehead atoms. The lowest BCUT2D eigenvalue weighted by Gasteiger charge is -2.03. The van der Waals surface area contributed by atoms with E-state index < -0.39 is 4.92 Å². The topological polar surface area (TPSA) is 111 Å². The predicted octanol–water partition coefficient (Wildman–Crippen LogP) is 4.71. The van der Waals surface area contributed by atoms with Crippen molar-refractivity contribution in [2.75, 3.05) is 0 Å². The molecule has 0 radical (unpaired) electrons. The summed E-state index contributed by atoms with van der Waals surface area (Å²) in [4.78, 5) is 10.8. The van der Waals surface area contributed by atoms with Crippen LogP contribution in [-0.4, -0.2) is 19.7 Å². The number of rotatable bonds is 5. The summed E-state index contributed by atoms with van der Waals surface area (Å²) in [5.41, 5.74) is 1.46. The number of benzene rings is 2. The summed E-state index contributed by atoms with van der Waals surface area (Å²) in [6.45, 7) is 0. The molecule has 146 valence electrons. The first-order valence-corrected chi connectivity index (χ1v) is 8.99. The number of nitro groups is 1. The lowest BCUT2D eigenvalue weighted by Crippen LogP contribution is -1.98. The standard InChI is InChI=1S/C22H15N5O3/c1-26-21(15-7-3-2-4-8-15)24-25-22(26)16(14-23)13-17-11-12-20(30-17)18-9-5-6-10-19(18)27(28)29/h2-13H,1H3. The number of furan rings is 1. The molecule has 4 rings (SSSR count). The van der Waals surface area contributed by atoms with Crippen LogP contribution in [0.3, 0.4) is 0 Å². The third-order valence-corrected chi connectivity index (χ3v) is 4.55. The Morgan fingerprint density at radius 1 is 1.10 bits per heavy atom. The van der Waals surface area contributed by atoms with Gasteiger partial charge in [0.15, 0.2) is 11.6 Å². The van der Waals surface area contributed by atoms with Crippen LogP contribution >= 0.6 is 0 Å². The van der Waals surface area contributed by atoms with Crippen molar-refractivity contribution in [3.05, 3.63) is 88.4 Å². The minimum Gasteiger partial charge on any atom is -0.456 e. The summed E-state index contributed by atoms with van der Waals surface area (Å²) in [6.07, 6.45) is 1.54. The molecule has 8 nitrogen and oxygen atoms in total. The Hall–Kier alpha value is -4.51. The third-order valence-electron chi connectivity index (χ3n) is 4.55. The van der Waals surface area contributed by atoms with Crippen molar-refractivity contribution >= 4 is 17.3 Å². The SMILES string of the molecule is Cn1c(C(C#N)=Cc2ccc(-c3ccccc3[N+](=O)[O-])o2)nnc1-c1ccccc1. The molecule has 0 fully saturated rings. The second-order valence-corrected chi connectivity index (χ2v) is 6.42. The van der Waals surface area contributed by atoms with E-state index >= 15 is 0 Å². The smallest absolute Gasteiger partial charge is 0.280 e. The Bertz CT molecular complexity index is 1300. The fourth-order valence-corrected chi connectivity index (χ4v) is 3.11. The van der Waals surface area contributed by atoms with Gasteiger partial charge < -0.3 is 8.98 Å². The quantitative estimate of drug-likeness (QED) is 0.274. The van der Waals surface area contributed by atoms with E-state index in [9.17, 15) is 15.4 Å². The van der Waals surface area contributed by atoms with Gasteiger partial charge in [-0.25, -0.2) is 0 Å². The highest BCUT2D eigenvalue weighted by Gasteiger charge is 2.18. The molecule has 8 heteroatoms. The van der Waals surface area contributed by atoms with E-state index in [1.165, 1.54) is 12.1 Å². The predicted molar refractivity (Wildman–Crippen MR) is 111 cm³/mol. The zero-order chi connectivity index (χ0) is 21.1. The minimum absolute atomic E-state index is 0.0521. The van der Waals surface area contributed by atoms with Crippen LogP contribution in [0.15, 0.2) is 71.1 Å². The summed E-state index contributed by atoms with van der Waals surface area (Å²) in [5.74, 6) is 1.74. The summed E-state index contributed by atoms with van der Waals surface area (Å²) in [7, 11) is 1.78. The van der Waals surface area contributed by atoms with Gasteiger partial charge in [0.1, 0.15) is 23.2 Å². The first kappa shape index (κ1) is 18.8. The van der Waals surface area contributed by atoms with Crippen molar-refractivity contribution in [2.24, 2.45) is 7.05 Å². The summed E-state index contributed by atoms with van der Waals surface area (Å²) < 4.78 is 7.49. The number of para-hydroxylation sites is 1. The number of hydrogen-bond acceptors (Lipinski definition) is 6. The molecule has 0 amide bonds. The zero-order valence-electron chi connectivity index (χ0n) is 15.9. The molecule has 0 saturated carbocycles. The highest BCUT2D eigenvalue weighted by atomic mass is 16.6. The third kappa shape index (κ3) is 3.47. The van der Waals surface area contributed by atoms with Crippen molar-refractivity contribution in [1.82, 2.24) is 14.8 Å². The number of nitriles is 1. The van der Waals surface area contributed by atoms with E-state index in [2.05, 4.69) is 16.3 Å². The lowest BCUT2D eigenvalue weighted by molar-refractivity contribution is -0.384. The van der Waals surface area contributed by atoms with Gasteiger partial charge in [-0.05, 0) is 18.2 Å². The van der Waals surface area contributed by atoms with Gasteiger partial charge in [0.2, 0.25) is 0 Å². The Labute approximate surface area is 171 Å². The van der Waals surface area contributed by atoms with Crippen molar-refractivity contribution in [1.29, 1.82) is 5.26 Å². The van der Waals surface area contributed by atoms with Crippen molar-refractivity contribution in [2.45, 2.75) is 0 Å². The average Bonchev–Trinajstić information content (AvgIpc) is 3.39. The monoisotopic (exact) mass is 397 g/mol. The van der Waals surface area contributed by atoms with Gasteiger partial charge in [0, 0.05) is 24.8 Å². The Morgan fingerprint density at radius 3 is 2.57 bits per heavy atom. The first-order valence-electron chi connectivity index (χ1n) is 8.99. The fourth-order valence-electron chi connectivity index (χ4n) is 3.11. The normalized spacial score (nSPS) is 11.3. The molecular formula is C22H15N5O3. The van der Waals surface area contributed by atoms with Gasteiger partial charge in [0.05, 0.1) is 10.5 Å². The van der Waals surface area contributed by atoms with Gasteiger partial charge >= 0.3 is 0 Å². The molecule has 0 N–H and O–H groups in total. The Kier molecular flexibility index (Phi) is 4.93. The van der Waals surface area contributed by atoms with E-state index in [0.29, 0.717) is 28.7 Å². The number of hydrogen-bond donors (Lipinski definition) is 0. The van der Waals surface area contributed by atoms with Crippen molar-refractivity contribution in [3.63, 3.8) is 0 Å². The van der Waals surface area contributed by atoms with Crippen molar-refractivity contribution < 1.29 is 9.34 Å². The van der Waals surface area contributed by atoms with Crippen LogP contribution < -0.4 is 0 Å². The molecule has 0 aliphatic carbocycles. The van der Waals surface area contributed by atoms with Crippen LogP contribution in [0.5, 0.6) is 0 Å². The zero-order valence-corrected chi connectivity index (χ0v) is 15.9. The highest BCUT2D eigenvalue weighted by molar-refractivity contribution is 5.87. The van der Waals surface area contributed by atoms with Crippen LogP contribution in [-0.2, 0) is 7.05 Å². The Balaban J connectivity index is 1.70. The van der Waals surface area contributed by atoms with Gasteiger partial charge in [-0.1, -0.05) is 42.5 Å². The molecular weight excluding hydrogens is 382 g/mol. The van der Waals surface area contributed by atoms with E-state index in [-0.39, 0.29) is 11.3 Å². The molecule has 2 aromatic heterocycles. The van der Waals surface area contributed by atoms with E-state index in [0.717, 1.165) is 5.56 Å². The van der Waals surface area contributed by atoms with Crippen LogP contribution in [0.1, 0.15) is 11.6 Å². The van der Waals surface area contributed by atoms with Crippen molar-refractivity contribution in [3.8, 4) is 28.8 Å². The van der Waals surface area contributed by atoms with E-state index in [4.69, 9.17) is 4.42 Å². The average molecular weight is 397 g/mol. The molecule has 0 atom stereocenters. The van der Waals surface area contributed by atoms with Crippen LogP contribution in [0, 0.1) is 21.4 Å². The second kappa shape index (κ2) is 7.85.